The van der Waals surface area contributed by atoms with Crippen molar-refractivity contribution in [3.05, 3.63) is 101 Å². The van der Waals surface area contributed by atoms with E-state index in [0.29, 0.717) is 0 Å². The highest BCUT2D eigenvalue weighted by atomic mass is 32.1. The summed E-state index contributed by atoms with van der Waals surface area (Å²) in [7, 11) is 0. The maximum atomic E-state index is 4.43. The SMILES string of the molecule is Cc1ccc(C(C)(c2ccc(C)cc2)c2ccc(S)cc2)cc1. The van der Waals surface area contributed by atoms with Crippen LogP contribution in [0.15, 0.2) is 77.7 Å². The van der Waals surface area contributed by atoms with Crippen LogP contribution in [0.3, 0.4) is 0 Å². The Hall–Kier alpha value is -1.99. The van der Waals surface area contributed by atoms with E-state index in [1.54, 1.807) is 0 Å². The number of aryl methyl sites for hydroxylation is 2. The highest BCUT2D eigenvalue weighted by molar-refractivity contribution is 7.80. The lowest BCUT2D eigenvalue weighted by atomic mass is 9.71. The molecule has 0 aliphatic rings. The largest absolute Gasteiger partial charge is 0.143 e. The fraction of sp³-hybridized carbons (Fsp3) is 0.182. The van der Waals surface area contributed by atoms with Crippen molar-refractivity contribution < 1.29 is 0 Å². The van der Waals surface area contributed by atoms with E-state index in [9.17, 15) is 0 Å². The predicted octanol–water partition coefficient (Wildman–Crippen LogP) is 5.95. The third-order valence-corrected chi connectivity index (χ3v) is 5.00. The molecular weight excluding hydrogens is 296 g/mol. The van der Waals surface area contributed by atoms with Gasteiger partial charge in [0.1, 0.15) is 0 Å². The van der Waals surface area contributed by atoms with Crippen molar-refractivity contribution in [1.29, 1.82) is 0 Å². The van der Waals surface area contributed by atoms with Gasteiger partial charge in [0.05, 0.1) is 0 Å². The second-order valence-corrected chi connectivity index (χ2v) is 6.92. The minimum absolute atomic E-state index is 0.178. The van der Waals surface area contributed by atoms with Gasteiger partial charge in [-0.05, 0) is 49.6 Å². The highest BCUT2D eigenvalue weighted by Gasteiger charge is 2.30. The summed E-state index contributed by atoms with van der Waals surface area (Å²) in [5.74, 6) is 0. The molecule has 3 rings (SSSR count). The summed E-state index contributed by atoms with van der Waals surface area (Å²) in [5, 5.41) is 0. The van der Waals surface area contributed by atoms with E-state index in [0.717, 1.165) is 4.90 Å². The standard InChI is InChI=1S/C22H22S/c1-16-4-8-18(9-5-16)22(3,19-10-6-17(2)7-11-19)20-12-14-21(23)15-13-20/h4-15,23H,1-3H3. The van der Waals surface area contributed by atoms with E-state index in [-0.39, 0.29) is 5.41 Å². The molecule has 3 aromatic carbocycles. The van der Waals surface area contributed by atoms with Crippen LogP contribution in [-0.4, -0.2) is 0 Å². The maximum Gasteiger partial charge on any atom is 0.0423 e. The van der Waals surface area contributed by atoms with Gasteiger partial charge in [-0.3, -0.25) is 0 Å². The molecule has 0 saturated carbocycles. The quantitative estimate of drug-likeness (QED) is 0.448. The Morgan fingerprint density at radius 3 is 1.22 bits per heavy atom. The first-order valence-corrected chi connectivity index (χ1v) is 8.38. The Labute approximate surface area is 144 Å². The van der Waals surface area contributed by atoms with Gasteiger partial charge >= 0.3 is 0 Å². The zero-order valence-electron chi connectivity index (χ0n) is 13.9. The van der Waals surface area contributed by atoms with Crippen molar-refractivity contribution in [3.8, 4) is 0 Å². The molecule has 3 aromatic rings. The summed E-state index contributed by atoms with van der Waals surface area (Å²) >= 11 is 4.43. The van der Waals surface area contributed by atoms with Crippen LogP contribution in [0.1, 0.15) is 34.7 Å². The normalized spacial score (nSPS) is 11.5. The van der Waals surface area contributed by atoms with Crippen molar-refractivity contribution in [2.75, 3.05) is 0 Å². The summed E-state index contributed by atoms with van der Waals surface area (Å²) in [4.78, 5) is 0.990. The Morgan fingerprint density at radius 2 is 0.870 bits per heavy atom. The molecule has 0 aliphatic heterocycles. The smallest absolute Gasteiger partial charge is 0.0423 e. The molecule has 0 atom stereocenters. The van der Waals surface area contributed by atoms with Gasteiger partial charge in [0.2, 0.25) is 0 Å². The molecule has 0 heterocycles. The second-order valence-electron chi connectivity index (χ2n) is 6.40. The van der Waals surface area contributed by atoms with Crippen molar-refractivity contribution in [2.24, 2.45) is 0 Å². The van der Waals surface area contributed by atoms with Gasteiger partial charge in [0.15, 0.2) is 0 Å². The number of thiol groups is 1. The zero-order valence-corrected chi connectivity index (χ0v) is 14.8. The molecule has 0 spiro atoms. The molecule has 0 radical (unpaired) electrons. The van der Waals surface area contributed by atoms with E-state index >= 15 is 0 Å². The molecule has 0 N–H and O–H groups in total. The van der Waals surface area contributed by atoms with Crippen molar-refractivity contribution >= 4 is 12.6 Å². The molecule has 0 nitrogen and oxygen atoms in total. The fourth-order valence-corrected chi connectivity index (χ4v) is 3.22. The Balaban J connectivity index is 2.21. The van der Waals surface area contributed by atoms with Crippen LogP contribution >= 0.6 is 12.6 Å². The van der Waals surface area contributed by atoms with Crippen LogP contribution in [0.25, 0.3) is 0 Å². The van der Waals surface area contributed by atoms with Gasteiger partial charge in [-0.2, -0.15) is 0 Å². The van der Waals surface area contributed by atoms with E-state index in [2.05, 4.69) is 106 Å². The van der Waals surface area contributed by atoms with E-state index in [1.807, 2.05) is 0 Å². The van der Waals surface area contributed by atoms with Crippen molar-refractivity contribution in [1.82, 2.24) is 0 Å². The van der Waals surface area contributed by atoms with Crippen LogP contribution in [0.5, 0.6) is 0 Å². The molecule has 1 heteroatoms. The molecule has 116 valence electrons. The minimum Gasteiger partial charge on any atom is -0.143 e. The van der Waals surface area contributed by atoms with E-state index in [1.165, 1.54) is 27.8 Å². The second kappa shape index (κ2) is 6.25. The molecule has 0 bridgehead atoms. The lowest BCUT2D eigenvalue weighted by Crippen LogP contribution is -2.25. The molecule has 0 unspecified atom stereocenters. The zero-order chi connectivity index (χ0) is 16.4. The van der Waals surface area contributed by atoms with Crippen molar-refractivity contribution in [3.63, 3.8) is 0 Å². The van der Waals surface area contributed by atoms with Crippen LogP contribution in [0.4, 0.5) is 0 Å². The van der Waals surface area contributed by atoms with Gasteiger partial charge in [-0.1, -0.05) is 71.8 Å². The summed E-state index contributed by atoms with van der Waals surface area (Å²) in [6.07, 6.45) is 0. The summed E-state index contributed by atoms with van der Waals surface area (Å²) in [6.45, 7) is 6.56. The summed E-state index contributed by atoms with van der Waals surface area (Å²) in [5.41, 5.74) is 6.28. The predicted molar refractivity (Wildman–Crippen MR) is 102 cm³/mol. The van der Waals surface area contributed by atoms with E-state index < -0.39 is 0 Å². The number of hydrogen-bond donors (Lipinski definition) is 1. The molecule has 0 aromatic heterocycles. The van der Waals surface area contributed by atoms with Crippen LogP contribution in [0, 0.1) is 13.8 Å². The summed E-state index contributed by atoms with van der Waals surface area (Å²) in [6, 6.07) is 26.2. The third-order valence-electron chi connectivity index (χ3n) is 4.70. The average molecular weight is 318 g/mol. The third kappa shape index (κ3) is 3.07. The topological polar surface area (TPSA) is 0 Å². The monoisotopic (exact) mass is 318 g/mol. The first kappa shape index (κ1) is 15.9. The average Bonchev–Trinajstić information content (AvgIpc) is 2.56. The van der Waals surface area contributed by atoms with Gasteiger partial charge in [-0.25, -0.2) is 0 Å². The molecule has 23 heavy (non-hydrogen) atoms. The lowest BCUT2D eigenvalue weighted by molar-refractivity contribution is 0.691. The van der Waals surface area contributed by atoms with Crippen LogP contribution < -0.4 is 0 Å². The lowest BCUT2D eigenvalue weighted by Gasteiger charge is -2.32. The van der Waals surface area contributed by atoms with Gasteiger partial charge in [0.25, 0.3) is 0 Å². The van der Waals surface area contributed by atoms with E-state index in [4.69, 9.17) is 0 Å². The summed E-state index contributed by atoms with van der Waals surface area (Å²) < 4.78 is 0. The minimum atomic E-state index is -0.178. The number of rotatable bonds is 3. The Morgan fingerprint density at radius 1 is 0.565 bits per heavy atom. The van der Waals surface area contributed by atoms with Gasteiger partial charge in [0, 0.05) is 10.3 Å². The number of hydrogen-bond acceptors (Lipinski definition) is 1. The molecule has 0 saturated heterocycles. The van der Waals surface area contributed by atoms with Crippen molar-refractivity contribution in [2.45, 2.75) is 31.1 Å². The highest BCUT2D eigenvalue weighted by Crippen LogP contribution is 2.39. The molecular formula is C22H22S. The van der Waals surface area contributed by atoms with Gasteiger partial charge < -0.3 is 0 Å². The Kier molecular flexibility index (Phi) is 4.32. The Bertz CT molecular complexity index is 670. The maximum absolute atomic E-state index is 4.43. The molecule has 0 aliphatic carbocycles. The van der Waals surface area contributed by atoms with Crippen LogP contribution in [-0.2, 0) is 5.41 Å². The number of benzene rings is 3. The fourth-order valence-electron chi connectivity index (χ4n) is 3.07. The van der Waals surface area contributed by atoms with Gasteiger partial charge in [-0.15, -0.1) is 12.6 Å². The first-order valence-electron chi connectivity index (χ1n) is 7.94. The molecule has 0 amide bonds. The molecule has 0 fully saturated rings. The first-order chi connectivity index (χ1) is 11.0. The van der Waals surface area contributed by atoms with Crippen LogP contribution in [0.2, 0.25) is 0 Å².